The summed E-state index contributed by atoms with van der Waals surface area (Å²) in [5, 5.41) is 13.7. The van der Waals surface area contributed by atoms with Crippen molar-refractivity contribution in [2.45, 2.75) is 30.6 Å². The lowest BCUT2D eigenvalue weighted by Crippen LogP contribution is -2.21. The molecule has 1 aromatic carbocycles. The summed E-state index contributed by atoms with van der Waals surface area (Å²) < 4.78 is 0. The van der Waals surface area contributed by atoms with Gasteiger partial charge in [-0.3, -0.25) is 9.59 Å². The Morgan fingerprint density at radius 3 is 3.07 bits per heavy atom. The summed E-state index contributed by atoms with van der Waals surface area (Å²) in [5.41, 5.74) is 4.64. The zero-order valence-electron chi connectivity index (χ0n) is 14.3. The van der Waals surface area contributed by atoms with Crippen LogP contribution in [0.1, 0.15) is 23.2 Å². The topological polar surface area (TPSA) is 108 Å². The van der Waals surface area contributed by atoms with Gasteiger partial charge in [-0.05, 0) is 42.5 Å². The molecular formula is C19H16N4O3S. The molecule has 0 radical (unpaired) electrons. The standard InChI is InChI=1S/C19H16N4O3S/c24-15-6-9-1-3-11(7-14(9)27-15)22-17-16-12-5-10(19(25)26)2-4-13(12)23-18(16)21-8-20-17/h1,3,7-8,10H,2,4-6H2,(H,25,26)(H2,20,21,22,23). The Morgan fingerprint density at radius 2 is 2.22 bits per heavy atom. The van der Waals surface area contributed by atoms with E-state index in [-0.39, 0.29) is 11.0 Å². The van der Waals surface area contributed by atoms with Gasteiger partial charge < -0.3 is 15.4 Å². The van der Waals surface area contributed by atoms with E-state index in [9.17, 15) is 14.7 Å². The number of hydrogen-bond donors (Lipinski definition) is 3. The van der Waals surface area contributed by atoms with Gasteiger partial charge in [0.2, 0.25) is 0 Å². The molecule has 0 fully saturated rings. The minimum absolute atomic E-state index is 0.158. The summed E-state index contributed by atoms with van der Waals surface area (Å²) in [6, 6.07) is 5.85. The molecule has 1 unspecified atom stereocenters. The van der Waals surface area contributed by atoms with Gasteiger partial charge in [0.25, 0.3) is 0 Å². The second-order valence-corrected chi connectivity index (χ2v) is 8.00. The van der Waals surface area contributed by atoms with Crippen LogP contribution < -0.4 is 5.32 Å². The minimum atomic E-state index is -0.762. The van der Waals surface area contributed by atoms with Gasteiger partial charge in [0.1, 0.15) is 17.8 Å². The highest BCUT2D eigenvalue weighted by Gasteiger charge is 2.29. The number of benzene rings is 1. The van der Waals surface area contributed by atoms with E-state index in [2.05, 4.69) is 20.3 Å². The Balaban J connectivity index is 1.55. The molecule has 1 atom stereocenters. The lowest BCUT2D eigenvalue weighted by atomic mass is 9.86. The molecule has 2 aromatic heterocycles. The average Bonchev–Trinajstić information content (AvgIpc) is 3.20. The minimum Gasteiger partial charge on any atom is -0.481 e. The number of rotatable bonds is 3. The molecule has 0 saturated heterocycles. The predicted molar refractivity (Wildman–Crippen MR) is 101 cm³/mol. The van der Waals surface area contributed by atoms with E-state index in [0.717, 1.165) is 32.8 Å². The number of aryl methyl sites for hydroxylation is 1. The molecular weight excluding hydrogens is 364 g/mol. The summed E-state index contributed by atoms with van der Waals surface area (Å²) in [5.74, 6) is -0.494. The van der Waals surface area contributed by atoms with Gasteiger partial charge in [0.15, 0.2) is 5.12 Å². The monoisotopic (exact) mass is 380 g/mol. The molecule has 1 aliphatic carbocycles. The average molecular weight is 380 g/mol. The van der Waals surface area contributed by atoms with Crippen molar-refractivity contribution in [1.82, 2.24) is 15.0 Å². The molecule has 0 saturated carbocycles. The largest absolute Gasteiger partial charge is 0.481 e. The molecule has 5 rings (SSSR count). The highest BCUT2D eigenvalue weighted by Crippen LogP contribution is 2.37. The maximum absolute atomic E-state index is 11.6. The summed E-state index contributed by atoms with van der Waals surface area (Å²) in [6.07, 6.45) is 3.76. The van der Waals surface area contributed by atoms with E-state index in [4.69, 9.17) is 0 Å². The Labute approximate surface area is 158 Å². The highest BCUT2D eigenvalue weighted by atomic mass is 32.2. The third-order valence-electron chi connectivity index (χ3n) is 5.21. The SMILES string of the molecule is O=C1Cc2ccc(Nc3ncnc4[nH]c5c(c34)CC(C(=O)O)CC5)cc2S1. The molecule has 8 heteroatoms. The van der Waals surface area contributed by atoms with E-state index in [0.29, 0.717) is 37.1 Å². The van der Waals surface area contributed by atoms with Gasteiger partial charge in [0.05, 0.1) is 11.3 Å². The van der Waals surface area contributed by atoms with E-state index < -0.39 is 5.97 Å². The third kappa shape index (κ3) is 2.76. The first-order valence-electron chi connectivity index (χ1n) is 8.76. The van der Waals surface area contributed by atoms with Crippen LogP contribution in [-0.4, -0.2) is 31.1 Å². The fourth-order valence-electron chi connectivity index (χ4n) is 3.87. The number of carboxylic acids is 1. The van der Waals surface area contributed by atoms with Crippen molar-refractivity contribution in [1.29, 1.82) is 0 Å². The fourth-order valence-corrected chi connectivity index (χ4v) is 4.80. The van der Waals surface area contributed by atoms with Crippen LogP contribution in [0.3, 0.4) is 0 Å². The number of carbonyl (C=O) groups excluding carboxylic acids is 1. The predicted octanol–water partition coefficient (Wildman–Crippen LogP) is 3.07. The number of thioether (sulfide) groups is 1. The number of aliphatic carboxylic acids is 1. The summed E-state index contributed by atoms with van der Waals surface area (Å²) in [6.45, 7) is 0. The van der Waals surface area contributed by atoms with Crippen molar-refractivity contribution < 1.29 is 14.7 Å². The van der Waals surface area contributed by atoms with Crippen LogP contribution in [0.2, 0.25) is 0 Å². The molecule has 0 bridgehead atoms. The molecule has 3 heterocycles. The van der Waals surface area contributed by atoms with Gasteiger partial charge in [0, 0.05) is 22.7 Å². The van der Waals surface area contributed by atoms with Gasteiger partial charge in [-0.2, -0.15) is 0 Å². The highest BCUT2D eigenvalue weighted by molar-refractivity contribution is 8.14. The summed E-state index contributed by atoms with van der Waals surface area (Å²) in [4.78, 5) is 36.1. The molecule has 7 nitrogen and oxygen atoms in total. The number of fused-ring (bicyclic) bond motifs is 4. The van der Waals surface area contributed by atoms with E-state index in [1.54, 1.807) is 0 Å². The normalized spacial score (nSPS) is 18.4. The number of aromatic nitrogens is 3. The number of nitrogens with one attached hydrogen (secondary N) is 2. The van der Waals surface area contributed by atoms with Crippen LogP contribution in [0.4, 0.5) is 11.5 Å². The van der Waals surface area contributed by atoms with Crippen molar-refractivity contribution in [3.63, 3.8) is 0 Å². The molecule has 27 heavy (non-hydrogen) atoms. The second kappa shape index (κ2) is 6.09. The number of anilines is 2. The third-order valence-corrected chi connectivity index (χ3v) is 6.19. The van der Waals surface area contributed by atoms with Crippen molar-refractivity contribution in [3.8, 4) is 0 Å². The summed E-state index contributed by atoms with van der Waals surface area (Å²) in [7, 11) is 0. The Hall–Kier alpha value is -2.87. The van der Waals surface area contributed by atoms with Gasteiger partial charge in [-0.15, -0.1) is 0 Å². The molecule has 0 spiro atoms. The molecule has 2 aliphatic rings. The number of aromatic amines is 1. The van der Waals surface area contributed by atoms with Crippen molar-refractivity contribution in [2.75, 3.05) is 5.32 Å². The van der Waals surface area contributed by atoms with Crippen LogP contribution >= 0.6 is 11.8 Å². The van der Waals surface area contributed by atoms with Crippen LogP contribution in [0.5, 0.6) is 0 Å². The molecule has 1 aliphatic heterocycles. The smallest absolute Gasteiger partial charge is 0.306 e. The van der Waals surface area contributed by atoms with E-state index in [1.807, 2.05) is 18.2 Å². The van der Waals surface area contributed by atoms with E-state index >= 15 is 0 Å². The Morgan fingerprint density at radius 1 is 1.33 bits per heavy atom. The quantitative estimate of drug-likeness (QED) is 0.641. The Kier molecular flexibility index (Phi) is 3.68. The van der Waals surface area contributed by atoms with E-state index in [1.165, 1.54) is 18.1 Å². The van der Waals surface area contributed by atoms with Crippen molar-refractivity contribution in [2.24, 2.45) is 5.92 Å². The van der Waals surface area contributed by atoms with Gasteiger partial charge in [-0.1, -0.05) is 17.8 Å². The number of carboxylic acid groups (broad SMARTS) is 1. The molecule has 3 N–H and O–H groups in total. The van der Waals surface area contributed by atoms with Crippen LogP contribution in [0.25, 0.3) is 11.0 Å². The zero-order chi connectivity index (χ0) is 18.5. The fraction of sp³-hybridized carbons (Fsp3) is 0.263. The number of H-pyrrole nitrogens is 1. The lowest BCUT2D eigenvalue weighted by Gasteiger charge is -2.19. The zero-order valence-corrected chi connectivity index (χ0v) is 15.1. The van der Waals surface area contributed by atoms with Crippen LogP contribution in [0, 0.1) is 5.92 Å². The Bertz CT molecular complexity index is 1110. The first-order valence-corrected chi connectivity index (χ1v) is 9.58. The number of nitrogens with zero attached hydrogens (tertiary/aromatic N) is 2. The number of carbonyl (C=O) groups is 2. The number of hydrogen-bond acceptors (Lipinski definition) is 6. The maximum Gasteiger partial charge on any atom is 0.306 e. The molecule has 0 amide bonds. The maximum atomic E-state index is 11.6. The molecule has 3 aromatic rings. The molecule has 136 valence electrons. The van der Waals surface area contributed by atoms with Gasteiger partial charge >= 0.3 is 5.97 Å². The first kappa shape index (κ1) is 16.3. The second-order valence-electron chi connectivity index (χ2n) is 6.90. The summed E-state index contributed by atoms with van der Waals surface area (Å²) >= 11 is 1.26. The van der Waals surface area contributed by atoms with Crippen LogP contribution in [0.15, 0.2) is 29.4 Å². The van der Waals surface area contributed by atoms with Gasteiger partial charge in [-0.25, -0.2) is 9.97 Å². The van der Waals surface area contributed by atoms with Crippen molar-refractivity contribution >= 4 is 45.4 Å². The first-order chi connectivity index (χ1) is 13.1. The lowest BCUT2D eigenvalue weighted by molar-refractivity contribution is -0.142. The van der Waals surface area contributed by atoms with Crippen LogP contribution in [-0.2, 0) is 28.9 Å². The van der Waals surface area contributed by atoms with Crippen molar-refractivity contribution in [3.05, 3.63) is 41.3 Å².